The minimum absolute atomic E-state index is 0.00399. The summed E-state index contributed by atoms with van der Waals surface area (Å²) < 4.78 is 55.2. The van der Waals surface area contributed by atoms with Crippen LogP contribution in [0.25, 0.3) is 0 Å². The Morgan fingerprint density at radius 3 is 2.03 bits per heavy atom. The maximum absolute atomic E-state index is 13.4. The molecule has 0 spiro atoms. The van der Waals surface area contributed by atoms with Gasteiger partial charge in [0.25, 0.3) is 10.0 Å². The zero-order chi connectivity index (χ0) is 23.0. The van der Waals surface area contributed by atoms with Gasteiger partial charge in [0.1, 0.15) is 10.6 Å². The van der Waals surface area contributed by atoms with Gasteiger partial charge in [-0.1, -0.05) is 43.6 Å². The number of aromatic hydroxyl groups is 1. The number of halogens is 1. The summed E-state index contributed by atoms with van der Waals surface area (Å²) in [4.78, 5) is -0.323. The molecule has 6 nitrogen and oxygen atoms in total. The van der Waals surface area contributed by atoms with Crippen molar-refractivity contribution in [3.05, 3.63) is 76.8 Å². The van der Waals surface area contributed by atoms with Crippen molar-refractivity contribution in [3.63, 3.8) is 0 Å². The second kappa shape index (κ2) is 8.53. The monoisotopic (exact) mass is 479 g/mol. The molecule has 0 saturated heterocycles. The fraction of sp³-hybridized carbons (Fsp3) is 0.182. The molecule has 0 unspecified atom stereocenters. The molecule has 9 heteroatoms. The highest BCUT2D eigenvalue weighted by atomic mass is 35.5. The Bertz CT molecular complexity index is 1320. The largest absolute Gasteiger partial charge is 0.506 e. The molecule has 0 aliphatic carbocycles. The van der Waals surface area contributed by atoms with Gasteiger partial charge in [0.05, 0.1) is 15.5 Å². The first-order valence-corrected chi connectivity index (χ1v) is 12.7. The molecule has 164 valence electrons. The van der Waals surface area contributed by atoms with Crippen molar-refractivity contribution in [1.82, 2.24) is 0 Å². The predicted molar refractivity (Wildman–Crippen MR) is 121 cm³/mol. The molecular formula is C22H22ClNO5S2. The van der Waals surface area contributed by atoms with Crippen molar-refractivity contribution in [2.24, 2.45) is 0 Å². The lowest BCUT2D eigenvalue weighted by Crippen LogP contribution is -2.17. The molecule has 0 fully saturated rings. The summed E-state index contributed by atoms with van der Waals surface area (Å²) in [6, 6.07) is 14.8. The highest BCUT2D eigenvalue weighted by Crippen LogP contribution is 2.42. The van der Waals surface area contributed by atoms with E-state index >= 15 is 0 Å². The van der Waals surface area contributed by atoms with Crippen LogP contribution in [-0.4, -0.2) is 21.9 Å². The second-order valence-electron chi connectivity index (χ2n) is 7.36. The number of phenols is 1. The quantitative estimate of drug-likeness (QED) is 0.478. The van der Waals surface area contributed by atoms with Gasteiger partial charge in [-0.3, -0.25) is 4.72 Å². The molecule has 3 aromatic carbocycles. The summed E-state index contributed by atoms with van der Waals surface area (Å²) >= 11 is 5.85. The van der Waals surface area contributed by atoms with Crippen LogP contribution in [0.5, 0.6) is 5.75 Å². The Morgan fingerprint density at radius 2 is 1.48 bits per heavy atom. The Morgan fingerprint density at radius 1 is 0.903 bits per heavy atom. The third-order valence-electron chi connectivity index (χ3n) is 4.75. The Labute approximate surface area is 187 Å². The van der Waals surface area contributed by atoms with Crippen molar-refractivity contribution < 1.29 is 21.9 Å². The number of nitrogens with one attached hydrogen (secondary N) is 1. The molecule has 3 rings (SSSR count). The number of phenolic OH excluding ortho intramolecular Hbond substituents is 1. The van der Waals surface area contributed by atoms with Crippen LogP contribution >= 0.6 is 11.6 Å². The second-order valence-corrected chi connectivity index (χ2v) is 11.4. The summed E-state index contributed by atoms with van der Waals surface area (Å²) in [6.07, 6.45) is 0. The number of benzene rings is 3. The van der Waals surface area contributed by atoms with E-state index in [-0.39, 0.29) is 31.5 Å². The molecule has 3 aromatic rings. The van der Waals surface area contributed by atoms with Gasteiger partial charge >= 0.3 is 0 Å². The standard InChI is InChI=1S/C22H22ClNO5S2/c1-14(2)20-19(24-31(28,29)18-11-9-16(23)10-12-18)13-15(3)21(25)22(20)30(26,27)17-7-5-4-6-8-17/h4-14,24-25H,1-3H3. The minimum Gasteiger partial charge on any atom is -0.506 e. The highest BCUT2D eigenvalue weighted by molar-refractivity contribution is 7.93. The average Bonchev–Trinajstić information content (AvgIpc) is 2.70. The third kappa shape index (κ3) is 4.56. The van der Waals surface area contributed by atoms with E-state index in [0.717, 1.165) is 0 Å². The SMILES string of the molecule is Cc1cc(NS(=O)(=O)c2ccc(Cl)cc2)c(C(C)C)c(S(=O)(=O)c2ccccc2)c1O. The van der Waals surface area contributed by atoms with E-state index in [0.29, 0.717) is 5.02 Å². The zero-order valence-corrected chi connectivity index (χ0v) is 19.5. The first-order chi connectivity index (χ1) is 14.4. The van der Waals surface area contributed by atoms with E-state index in [4.69, 9.17) is 11.6 Å². The summed E-state index contributed by atoms with van der Waals surface area (Å²) in [5.74, 6) is -0.815. The molecule has 2 N–H and O–H groups in total. The average molecular weight is 480 g/mol. The number of anilines is 1. The van der Waals surface area contributed by atoms with Gasteiger partial charge in [-0.2, -0.15) is 0 Å². The van der Waals surface area contributed by atoms with Gasteiger partial charge in [-0.05, 0) is 60.9 Å². The van der Waals surface area contributed by atoms with Gasteiger partial charge in [0.15, 0.2) is 0 Å². The van der Waals surface area contributed by atoms with E-state index < -0.39 is 31.5 Å². The van der Waals surface area contributed by atoms with Crippen molar-refractivity contribution in [1.29, 1.82) is 0 Å². The van der Waals surface area contributed by atoms with Gasteiger partial charge < -0.3 is 5.11 Å². The number of hydrogen-bond acceptors (Lipinski definition) is 5. The van der Waals surface area contributed by atoms with Crippen molar-refractivity contribution in [3.8, 4) is 5.75 Å². The minimum atomic E-state index is -4.12. The normalized spacial score (nSPS) is 12.2. The molecule has 0 aliphatic heterocycles. The van der Waals surface area contributed by atoms with Crippen LogP contribution in [-0.2, 0) is 19.9 Å². The summed E-state index contributed by atoms with van der Waals surface area (Å²) in [7, 11) is -8.15. The van der Waals surface area contributed by atoms with E-state index in [1.807, 2.05) is 0 Å². The first-order valence-electron chi connectivity index (χ1n) is 9.40. The number of rotatable bonds is 6. The van der Waals surface area contributed by atoms with E-state index in [1.165, 1.54) is 49.4 Å². The molecule has 31 heavy (non-hydrogen) atoms. The Hall–Kier alpha value is -2.55. The molecule has 0 aliphatic rings. The van der Waals surface area contributed by atoms with E-state index in [1.54, 1.807) is 32.0 Å². The molecule has 0 atom stereocenters. The number of hydrogen-bond donors (Lipinski definition) is 2. The molecule has 0 amide bonds. The topological polar surface area (TPSA) is 101 Å². The molecular weight excluding hydrogens is 458 g/mol. The third-order valence-corrected chi connectivity index (χ3v) is 8.23. The van der Waals surface area contributed by atoms with E-state index in [9.17, 15) is 21.9 Å². The van der Waals surface area contributed by atoms with E-state index in [2.05, 4.69) is 4.72 Å². The molecule has 0 aromatic heterocycles. The van der Waals surface area contributed by atoms with Crippen LogP contribution in [0.1, 0.15) is 30.9 Å². The Balaban J connectivity index is 2.25. The van der Waals surface area contributed by atoms with Gasteiger partial charge in [0.2, 0.25) is 9.84 Å². The van der Waals surface area contributed by atoms with Crippen LogP contribution in [0.3, 0.4) is 0 Å². The lowest BCUT2D eigenvalue weighted by atomic mass is 9.99. The van der Waals surface area contributed by atoms with Crippen molar-refractivity contribution in [2.45, 2.75) is 41.4 Å². The lowest BCUT2D eigenvalue weighted by Gasteiger charge is -2.22. The molecule has 0 heterocycles. The zero-order valence-electron chi connectivity index (χ0n) is 17.1. The Kier molecular flexibility index (Phi) is 6.36. The fourth-order valence-electron chi connectivity index (χ4n) is 3.26. The van der Waals surface area contributed by atoms with Crippen LogP contribution < -0.4 is 4.72 Å². The van der Waals surface area contributed by atoms with Crippen LogP contribution in [0.2, 0.25) is 5.02 Å². The van der Waals surface area contributed by atoms with Crippen molar-refractivity contribution in [2.75, 3.05) is 4.72 Å². The number of sulfonamides is 1. The van der Waals surface area contributed by atoms with Crippen LogP contribution in [0.15, 0.2) is 75.4 Å². The summed E-state index contributed by atoms with van der Waals surface area (Å²) in [5, 5.41) is 11.1. The van der Waals surface area contributed by atoms with Gasteiger partial charge in [0, 0.05) is 10.6 Å². The maximum Gasteiger partial charge on any atom is 0.261 e. The molecule has 0 bridgehead atoms. The summed E-state index contributed by atoms with van der Waals surface area (Å²) in [6.45, 7) is 4.98. The van der Waals surface area contributed by atoms with Crippen molar-refractivity contribution >= 4 is 37.1 Å². The predicted octanol–water partition coefficient (Wildman–Crippen LogP) is 5.11. The van der Waals surface area contributed by atoms with Crippen LogP contribution in [0, 0.1) is 6.92 Å². The maximum atomic E-state index is 13.4. The van der Waals surface area contributed by atoms with Gasteiger partial charge in [-0.15, -0.1) is 0 Å². The number of sulfone groups is 1. The fourth-order valence-corrected chi connectivity index (χ4v) is 6.25. The van der Waals surface area contributed by atoms with Gasteiger partial charge in [-0.25, -0.2) is 16.8 Å². The first kappa shape index (κ1) is 23.1. The highest BCUT2D eigenvalue weighted by Gasteiger charge is 2.31. The summed E-state index contributed by atoms with van der Waals surface area (Å²) in [5.41, 5.74) is 0.506. The number of aryl methyl sites for hydroxylation is 1. The lowest BCUT2D eigenvalue weighted by molar-refractivity contribution is 0.451. The smallest absolute Gasteiger partial charge is 0.261 e. The van der Waals surface area contributed by atoms with Crippen LogP contribution in [0.4, 0.5) is 5.69 Å². The molecule has 0 saturated carbocycles. The molecule has 0 radical (unpaired) electrons.